The molecule has 0 saturated heterocycles. The van der Waals surface area contributed by atoms with Crippen molar-refractivity contribution in [1.82, 2.24) is 20.6 Å². The first-order valence-corrected chi connectivity index (χ1v) is 14.0. The van der Waals surface area contributed by atoms with Gasteiger partial charge < -0.3 is 26.0 Å². The molecule has 40 heavy (non-hydrogen) atoms. The maximum atomic E-state index is 13.2. The van der Waals surface area contributed by atoms with Crippen LogP contribution >= 0.6 is 0 Å². The molecular weight excluding hydrogens is 504 g/mol. The van der Waals surface area contributed by atoms with Crippen LogP contribution in [0.15, 0.2) is 54.6 Å². The molecule has 1 atom stereocenters. The second kappa shape index (κ2) is 14.3. The third-order valence-corrected chi connectivity index (χ3v) is 7.27. The lowest BCUT2D eigenvalue weighted by atomic mass is 9.79. The zero-order valence-corrected chi connectivity index (χ0v) is 23.6. The van der Waals surface area contributed by atoms with Crippen LogP contribution in [-0.4, -0.2) is 48.5 Å². The van der Waals surface area contributed by atoms with E-state index in [2.05, 4.69) is 31.2 Å². The molecule has 0 bridgehead atoms. The molecule has 1 fully saturated rings. The highest BCUT2D eigenvalue weighted by Crippen LogP contribution is 2.30. The molecule has 1 aromatic heterocycles. The smallest absolute Gasteiger partial charge is 0.251 e. The van der Waals surface area contributed by atoms with Crippen LogP contribution in [0.2, 0.25) is 0 Å². The second-order valence-corrected chi connectivity index (χ2v) is 10.3. The largest absolute Gasteiger partial charge is 0.497 e. The molecule has 1 heterocycles. The number of benzene rings is 2. The fraction of sp³-hybridized carbons (Fsp3) is 0.419. The van der Waals surface area contributed by atoms with Gasteiger partial charge in [0.05, 0.1) is 13.0 Å². The number of rotatable bonds is 12. The van der Waals surface area contributed by atoms with Crippen molar-refractivity contribution in [2.45, 2.75) is 46.0 Å². The van der Waals surface area contributed by atoms with Crippen molar-refractivity contribution in [2.75, 3.05) is 37.4 Å². The lowest BCUT2D eigenvalue weighted by molar-refractivity contribution is -0.126. The lowest BCUT2D eigenvalue weighted by Gasteiger charge is -2.29. The highest BCUT2D eigenvalue weighted by molar-refractivity contribution is 5.95. The van der Waals surface area contributed by atoms with Gasteiger partial charge in [-0.25, -0.2) is 9.97 Å². The molecule has 1 aliphatic rings. The number of hydrogen-bond acceptors (Lipinski definition) is 7. The van der Waals surface area contributed by atoms with E-state index in [-0.39, 0.29) is 23.7 Å². The van der Waals surface area contributed by atoms with E-state index in [1.54, 1.807) is 19.2 Å². The van der Waals surface area contributed by atoms with Crippen LogP contribution in [0.25, 0.3) is 0 Å². The molecule has 9 heteroatoms. The number of anilines is 3. The molecule has 2 amide bonds. The average Bonchev–Trinajstić information content (AvgIpc) is 2.96. The molecule has 212 valence electrons. The summed E-state index contributed by atoms with van der Waals surface area (Å²) in [6.07, 6.45) is 5.48. The topological polar surface area (TPSA) is 117 Å². The van der Waals surface area contributed by atoms with Gasteiger partial charge in [0.25, 0.3) is 5.91 Å². The van der Waals surface area contributed by atoms with Gasteiger partial charge in [-0.3, -0.25) is 9.59 Å². The van der Waals surface area contributed by atoms with Gasteiger partial charge in [0.2, 0.25) is 11.9 Å². The summed E-state index contributed by atoms with van der Waals surface area (Å²) < 4.78 is 5.19. The predicted molar refractivity (Wildman–Crippen MR) is 158 cm³/mol. The minimum Gasteiger partial charge on any atom is -0.497 e. The Morgan fingerprint density at radius 2 is 1.52 bits per heavy atom. The van der Waals surface area contributed by atoms with E-state index in [4.69, 9.17) is 4.74 Å². The summed E-state index contributed by atoms with van der Waals surface area (Å²) in [6.45, 7) is 5.27. The van der Waals surface area contributed by atoms with Crippen molar-refractivity contribution in [1.29, 1.82) is 0 Å². The van der Waals surface area contributed by atoms with Crippen molar-refractivity contribution in [3.8, 4) is 5.75 Å². The van der Waals surface area contributed by atoms with Gasteiger partial charge in [-0.15, -0.1) is 0 Å². The first kappa shape index (κ1) is 28.9. The number of hydrogen-bond donors (Lipinski definition) is 4. The van der Waals surface area contributed by atoms with Crippen molar-refractivity contribution in [2.24, 2.45) is 11.8 Å². The van der Waals surface area contributed by atoms with Crippen molar-refractivity contribution < 1.29 is 14.3 Å². The Labute approximate surface area is 236 Å². The van der Waals surface area contributed by atoms with Crippen LogP contribution in [0.1, 0.15) is 53.8 Å². The zero-order chi connectivity index (χ0) is 28.3. The average molecular weight is 545 g/mol. The Hall–Kier alpha value is -4.14. The number of carbonyl (C=O) groups excluding carboxylic acids is 2. The normalized spacial score (nSPS) is 14.2. The Kier molecular flexibility index (Phi) is 10.3. The first-order valence-electron chi connectivity index (χ1n) is 14.0. The molecule has 1 unspecified atom stereocenters. The van der Waals surface area contributed by atoms with Crippen molar-refractivity contribution in [3.05, 3.63) is 71.5 Å². The van der Waals surface area contributed by atoms with Crippen molar-refractivity contribution >= 4 is 29.1 Å². The van der Waals surface area contributed by atoms with Crippen LogP contribution in [0.3, 0.4) is 0 Å². The maximum absolute atomic E-state index is 13.2. The van der Waals surface area contributed by atoms with Gasteiger partial charge in [0.1, 0.15) is 5.75 Å². The number of nitrogens with zero attached hydrogens (tertiary/aromatic N) is 2. The molecule has 9 nitrogen and oxygen atoms in total. The highest BCUT2D eigenvalue weighted by atomic mass is 16.5. The van der Waals surface area contributed by atoms with E-state index in [0.717, 1.165) is 54.2 Å². The van der Waals surface area contributed by atoms with Crippen LogP contribution in [0, 0.1) is 25.7 Å². The number of carbonyl (C=O) groups is 2. The summed E-state index contributed by atoms with van der Waals surface area (Å²) in [7, 11) is 1.64. The van der Waals surface area contributed by atoms with E-state index in [1.807, 2.05) is 56.3 Å². The van der Waals surface area contributed by atoms with Gasteiger partial charge in [0.15, 0.2) is 0 Å². The first-order chi connectivity index (χ1) is 19.4. The highest BCUT2D eigenvalue weighted by Gasteiger charge is 2.29. The number of aromatic nitrogens is 2. The van der Waals surface area contributed by atoms with Crippen molar-refractivity contribution in [3.63, 3.8) is 0 Å². The number of ether oxygens (including phenoxy) is 1. The summed E-state index contributed by atoms with van der Waals surface area (Å²) in [6, 6.07) is 16.8. The number of aryl methyl sites for hydroxylation is 2. The van der Waals surface area contributed by atoms with E-state index in [1.165, 1.54) is 6.42 Å². The van der Waals surface area contributed by atoms with Crippen LogP contribution in [-0.2, 0) is 4.79 Å². The van der Waals surface area contributed by atoms with E-state index >= 15 is 0 Å². The Morgan fingerprint density at radius 3 is 2.17 bits per heavy atom. The summed E-state index contributed by atoms with van der Waals surface area (Å²) in [5.41, 5.74) is 4.07. The number of nitrogens with one attached hydrogen (secondary N) is 4. The predicted octanol–water partition coefficient (Wildman–Crippen LogP) is 5.00. The van der Waals surface area contributed by atoms with E-state index in [0.29, 0.717) is 31.1 Å². The van der Waals surface area contributed by atoms with Gasteiger partial charge in [-0.1, -0.05) is 19.3 Å². The monoisotopic (exact) mass is 544 g/mol. The number of amides is 2. The quantitative estimate of drug-likeness (QED) is 0.237. The third kappa shape index (κ3) is 8.43. The molecule has 4 rings (SSSR count). The van der Waals surface area contributed by atoms with Gasteiger partial charge in [-0.2, -0.15) is 0 Å². The molecule has 1 aliphatic carbocycles. The fourth-order valence-electron chi connectivity index (χ4n) is 5.16. The van der Waals surface area contributed by atoms with Gasteiger partial charge in [0, 0.05) is 48.0 Å². The SMILES string of the molecule is COc1ccc(NCCNC(=O)C(CNC(=O)c2ccc(Nc3nc(C)cc(C)n3)cc2)C2CCCCC2)cc1. The Morgan fingerprint density at radius 1 is 0.875 bits per heavy atom. The van der Waals surface area contributed by atoms with Crippen LogP contribution < -0.4 is 26.0 Å². The lowest BCUT2D eigenvalue weighted by Crippen LogP contribution is -2.44. The van der Waals surface area contributed by atoms with Gasteiger partial charge >= 0.3 is 0 Å². The maximum Gasteiger partial charge on any atom is 0.251 e. The summed E-state index contributed by atoms with van der Waals surface area (Å²) in [4.78, 5) is 35.0. The standard InChI is InChI=1S/C31H40N6O3/c1-21-19-22(2)36-31(35-21)37-26-11-9-24(10-12-26)29(38)34-20-28(23-7-5-4-6-8-23)30(39)33-18-17-32-25-13-15-27(40-3)16-14-25/h9-16,19,23,28,32H,4-8,17-18,20H2,1-3H3,(H,33,39)(H,34,38)(H,35,36,37). The van der Waals surface area contributed by atoms with Gasteiger partial charge in [-0.05, 0) is 87.2 Å². The Bertz CT molecular complexity index is 1240. The summed E-state index contributed by atoms with van der Waals surface area (Å²) in [5, 5.41) is 12.6. The molecule has 1 saturated carbocycles. The molecule has 4 N–H and O–H groups in total. The second-order valence-electron chi connectivity index (χ2n) is 10.3. The molecule has 0 radical (unpaired) electrons. The summed E-state index contributed by atoms with van der Waals surface area (Å²) >= 11 is 0. The van der Waals surface area contributed by atoms with Crippen LogP contribution in [0.4, 0.5) is 17.3 Å². The minimum absolute atomic E-state index is 0.00303. The minimum atomic E-state index is -0.257. The Balaban J connectivity index is 1.29. The fourth-order valence-corrected chi connectivity index (χ4v) is 5.16. The molecule has 0 spiro atoms. The number of methoxy groups -OCH3 is 1. The summed E-state index contributed by atoms with van der Waals surface area (Å²) in [5.74, 6) is 1.15. The third-order valence-electron chi connectivity index (χ3n) is 7.27. The molecule has 2 aromatic carbocycles. The zero-order valence-electron chi connectivity index (χ0n) is 23.6. The van der Waals surface area contributed by atoms with E-state index < -0.39 is 0 Å². The molecule has 3 aromatic rings. The molecular formula is C31H40N6O3. The van der Waals surface area contributed by atoms with E-state index in [9.17, 15) is 9.59 Å². The molecule has 0 aliphatic heterocycles. The van der Waals surface area contributed by atoms with Crippen LogP contribution in [0.5, 0.6) is 5.75 Å².